The van der Waals surface area contributed by atoms with Crippen LogP contribution in [0.5, 0.6) is 0 Å². The molecule has 2 amide bonds. The summed E-state index contributed by atoms with van der Waals surface area (Å²) >= 11 is 2.21. The Bertz CT molecular complexity index is 568. The third-order valence-electron chi connectivity index (χ3n) is 2.75. The molecule has 0 heterocycles. The highest BCUT2D eigenvalue weighted by Crippen LogP contribution is 2.12. The first-order chi connectivity index (χ1) is 11.3. The van der Waals surface area contributed by atoms with Gasteiger partial charge in [0.2, 0.25) is 0 Å². The Kier molecular flexibility index (Phi) is 7.51. The van der Waals surface area contributed by atoms with Crippen molar-refractivity contribution in [2.75, 3.05) is 11.8 Å². The minimum absolute atomic E-state index is 0.149. The third-order valence-corrected chi connectivity index (χ3v) is 4.05. The minimum atomic E-state index is -0.149. The zero-order chi connectivity index (χ0) is 16.3. The monoisotopic (exact) mass is 348 g/mol. The van der Waals surface area contributed by atoms with Crippen LogP contribution >= 0.6 is 24.1 Å². The molecule has 0 radical (unpaired) electrons. The van der Waals surface area contributed by atoms with E-state index in [1.54, 1.807) is 24.3 Å². The Morgan fingerprint density at radius 2 is 1.13 bits per heavy atom. The minimum Gasteiger partial charge on any atom is -0.341 e. The van der Waals surface area contributed by atoms with Crippen LogP contribution in [0.15, 0.2) is 60.7 Å². The molecule has 7 heteroatoms. The van der Waals surface area contributed by atoms with Crippen LogP contribution in [-0.2, 0) is 3.63 Å². The Labute approximate surface area is 143 Å². The first-order valence-corrected chi connectivity index (χ1v) is 8.67. The van der Waals surface area contributed by atoms with Crippen LogP contribution in [0.4, 0.5) is 0 Å². The molecule has 23 heavy (non-hydrogen) atoms. The molecule has 0 bridgehead atoms. The SMILES string of the molecule is O=C(NCSOSCNC(=O)c1ccccc1)c1ccccc1. The van der Waals surface area contributed by atoms with Gasteiger partial charge in [-0.25, -0.2) is 3.63 Å². The molecule has 2 aromatic rings. The standard InChI is InChI=1S/C16H16N2O3S2/c19-15(13-7-3-1-4-8-13)17-11-22-21-23-12-18-16(20)14-9-5-2-6-10-14/h1-10H,11-12H2,(H,17,19)(H,18,20). The van der Waals surface area contributed by atoms with Gasteiger partial charge in [-0.1, -0.05) is 36.4 Å². The summed E-state index contributed by atoms with van der Waals surface area (Å²) < 4.78 is 5.21. The predicted molar refractivity (Wildman–Crippen MR) is 93.8 cm³/mol. The van der Waals surface area contributed by atoms with Crippen molar-refractivity contribution in [1.29, 1.82) is 0 Å². The van der Waals surface area contributed by atoms with E-state index in [2.05, 4.69) is 10.6 Å². The first kappa shape index (κ1) is 17.4. The molecule has 0 aromatic heterocycles. The molecule has 0 spiro atoms. The van der Waals surface area contributed by atoms with Crippen molar-refractivity contribution in [1.82, 2.24) is 10.6 Å². The maximum atomic E-state index is 11.7. The fourth-order valence-electron chi connectivity index (χ4n) is 1.66. The largest absolute Gasteiger partial charge is 0.341 e. The molecule has 5 nitrogen and oxygen atoms in total. The van der Waals surface area contributed by atoms with Gasteiger partial charge < -0.3 is 10.6 Å². The highest BCUT2D eigenvalue weighted by Gasteiger charge is 2.05. The van der Waals surface area contributed by atoms with Crippen molar-refractivity contribution in [3.8, 4) is 0 Å². The summed E-state index contributed by atoms with van der Waals surface area (Å²) in [6.07, 6.45) is 0. The quantitative estimate of drug-likeness (QED) is 0.436. The highest BCUT2D eigenvalue weighted by atomic mass is 32.2. The van der Waals surface area contributed by atoms with Gasteiger partial charge in [-0.15, -0.1) is 0 Å². The number of carbonyl (C=O) groups excluding carboxylic acids is 2. The van der Waals surface area contributed by atoms with Crippen LogP contribution in [-0.4, -0.2) is 23.6 Å². The molecule has 0 fully saturated rings. The van der Waals surface area contributed by atoms with Crippen LogP contribution < -0.4 is 10.6 Å². The maximum absolute atomic E-state index is 11.7. The zero-order valence-corrected chi connectivity index (χ0v) is 13.9. The summed E-state index contributed by atoms with van der Waals surface area (Å²) in [6, 6.07) is 17.9. The molecule has 0 atom stereocenters. The molecule has 2 aromatic carbocycles. The van der Waals surface area contributed by atoms with Gasteiger partial charge in [-0.05, 0) is 24.3 Å². The molecule has 0 aliphatic heterocycles. The van der Waals surface area contributed by atoms with Crippen LogP contribution in [0.3, 0.4) is 0 Å². The van der Waals surface area contributed by atoms with Gasteiger partial charge in [-0.3, -0.25) is 9.59 Å². The number of amides is 2. The molecule has 0 saturated carbocycles. The van der Waals surface area contributed by atoms with Crippen molar-refractivity contribution in [2.24, 2.45) is 0 Å². The fraction of sp³-hybridized carbons (Fsp3) is 0.125. The third kappa shape index (κ3) is 6.35. The van der Waals surface area contributed by atoms with Gasteiger partial charge in [0.25, 0.3) is 11.8 Å². The number of benzene rings is 2. The number of nitrogens with one attached hydrogen (secondary N) is 2. The Balaban J connectivity index is 1.53. The summed E-state index contributed by atoms with van der Waals surface area (Å²) in [6.45, 7) is 0. The van der Waals surface area contributed by atoms with E-state index in [-0.39, 0.29) is 11.8 Å². The highest BCUT2D eigenvalue weighted by molar-refractivity contribution is 8.07. The fourth-order valence-corrected chi connectivity index (χ4v) is 2.69. The van der Waals surface area contributed by atoms with E-state index in [1.165, 1.54) is 0 Å². The second-order valence-corrected chi connectivity index (χ2v) is 5.93. The predicted octanol–water partition coefficient (Wildman–Crippen LogP) is 3.07. The maximum Gasteiger partial charge on any atom is 0.252 e. The molecule has 0 aliphatic rings. The molecular formula is C16H16N2O3S2. The second kappa shape index (κ2) is 9.94. The molecule has 0 unspecified atom stereocenters. The van der Waals surface area contributed by atoms with E-state index in [1.807, 2.05) is 36.4 Å². The van der Waals surface area contributed by atoms with E-state index in [0.29, 0.717) is 22.9 Å². The summed E-state index contributed by atoms with van der Waals surface area (Å²) in [5, 5.41) is 5.45. The average molecular weight is 348 g/mol. The Morgan fingerprint density at radius 1 is 0.739 bits per heavy atom. The smallest absolute Gasteiger partial charge is 0.252 e. The van der Waals surface area contributed by atoms with Crippen molar-refractivity contribution in [2.45, 2.75) is 0 Å². The normalized spacial score (nSPS) is 10.1. The number of rotatable bonds is 8. The van der Waals surface area contributed by atoms with Gasteiger partial charge in [0.1, 0.15) is 0 Å². The lowest BCUT2D eigenvalue weighted by molar-refractivity contribution is 0.0953. The average Bonchev–Trinajstić information content (AvgIpc) is 2.62. The van der Waals surface area contributed by atoms with E-state index in [9.17, 15) is 9.59 Å². The van der Waals surface area contributed by atoms with E-state index >= 15 is 0 Å². The molecular weight excluding hydrogens is 332 g/mol. The van der Waals surface area contributed by atoms with Crippen molar-refractivity contribution in [3.05, 3.63) is 71.8 Å². The van der Waals surface area contributed by atoms with Crippen molar-refractivity contribution >= 4 is 35.9 Å². The summed E-state index contributed by atoms with van der Waals surface area (Å²) in [7, 11) is 0. The van der Waals surface area contributed by atoms with E-state index < -0.39 is 0 Å². The Hall–Kier alpha value is -1.96. The topological polar surface area (TPSA) is 67.4 Å². The first-order valence-electron chi connectivity index (χ1n) is 6.85. The summed E-state index contributed by atoms with van der Waals surface area (Å²) in [4.78, 5) is 23.5. The van der Waals surface area contributed by atoms with Gasteiger partial charge in [-0.2, -0.15) is 0 Å². The second-order valence-electron chi connectivity index (χ2n) is 4.34. The lowest BCUT2D eigenvalue weighted by Gasteiger charge is -2.06. The van der Waals surface area contributed by atoms with Crippen LogP contribution in [0, 0.1) is 0 Å². The molecule has 120 valence electrons. The summed E-state index contributed by atoms with van der Waals surface area (Å²) in [5.74, 6) is 0.355. The molecule has 0 saturated heterocycles. The molecule has 2 N–H and O–H groups in total. The Morgan fingerprint density at radius 3 is 1.52 bits per heavy atom. The van der Waals surface area contributed by atoms with Gasteiger partial charge in [0, 0.05) is 35.2 Å². The molecule has 2 rings (SSSR count). The van der Waals surface area contributed by atoms with Gasteiger partial charge >= 0.3 is 0 Å². The van der Waals surface area contributed by atoms with Crippen LogP contribution in [0.1, 0.15) is 20.7 Å². The summed E-state index contributed by atoms with van der Waals surface area (Å²) in [5.41, 5.74) is 1.21. The molecule has 0 aliphatic carbocycles. The van der Waals surface area contributed by atoms with Gasteiger partial charge in [0.15, 0.2) is 0 Å². The van der Waals surface area contributed by atoms with E-state index in [4.69, 9.17) is 3.63 Å². The van der Waals surface area contributed by atoms with Crippen LogP contribution in [0.2, 0.25) is 0 Å². The number of carbonyl (C=O) groups is 2. The number of hydrogen-bond donors (Lipinski definition) is 2. The van der Waals surface area contributed by atoms with Gasteiger partial charge in [0.05, 0.1) is 11.8 Å². The number of hydrogen-bond acceptors (Lipinski definition) is 5. The van der Waals surface area contributed by atoms with Crippen molar-refractivity contribution in [3.63, 3.8) is 0 Å². The lowest BCUT2D eigenvalue weighted by atomic mass is 10.2. The lowest BCUT2D eigenvalue weighted by Crippen LogP contribution is -2.23. The van der Waals surface area contributed by atoms with Crippen molar-refractivity contribution < 1.29 is 13.2 Å². The van der Waals surface area contributed by atoms with E-state index in [0.717, 1.165) is 24.1 Å². The zero-order valence-electron chi connectivity index (χ0n) is 12.2. The van der Waals surface area contributed by atoms with Crippen LogP contribution in [0.25, 0.3) is 0 Å².